The molecule has 0 unspecified atom stereocenters. The van der Waals surface area contributed by atoms with Gasteiger partial charge in [0, 0.05) is 17.8 Å². The monoisotopic (exact) mass is 377 g/mol. The van der Waals surface area contributed by atoms with E-state index in [2.05, 4.69) is 15.0 Å². The van der Waals surface area contributed by atoms with Gasteiger partial charge in [-0.05, 0) is 51.1 Å². The van der Waals surface area contributed by atoms with E-state index in [0.29, 0.717) is 12.3 Å². The third-order valence-electron chi connectivity index (χ3n) is 3.34. The second-order valence-electron chi connectivity index (χ2n) is 5.87. The molecule has 2 rings (SSSR count). The summed E-state index contributed by atoms with van der Waals surface area (Å²) in [7, 11) is -3.80. The average Bonchev–Trinajstić information content (AvgIpc) is 2.60. The predicted octanol–water partition coefficient (Wildman–Crippen LogP) is 2.10. The summed E-state index contributed by atoms with van der Waals surface area (Å²) < 4.78 is 33.0. The lowest BCUT2D eigenvalue weighted by atomic mass is 10.2. The minimum absolute atomic E-state index is 0.0569. The number of hydrogen-bond donors (Lipinski definition) is 2. The first-order valence-electron chi connectivity index (χ1n) is 8.30. The second-order valence-corrected chi connectivity index (χ2v) is 7.56. The summed E-state index contributed by atoms with van der Waals surface area (Å²) in [5.41, 5.74) is 0.939. The highest BCUT2D eigenvalue weighted by Gasteiger charge is 2.22. The number of hydrogen-bond acceptors (Lipinski definition) is 5. The fourth-order valence-electron chi connectivity index (χ4n) is 2.28. The molecule has 0 spiro atoms. The van der Waals surface area contributed by atoms with Crippen LogP contribution in [0.3, 0.4) is 0 Å². The van der Waals surface area contributed by atoms with Crippen LogP contribution in [0.25, 0.3) is 0 Å². The first kappa shape index (κ1) is 19.9. The SMILES string of the molecule is CCOc1ccc(C(=O)NCc2ccccn2)cc1S(=O)(=O)NC(C)C. The second kappa shape index (κ2) is 8.77. The molecule has 0 bridgehead atoms. The number of pyridine rings is 1. The highest BCUT2D eigenvalue weighted by atomic mass is 32.2. The zero-order chi connectivity index (χ0) is 19.2. The van der Waals surface area contributed by atoms with Gasteiger partial charge in [-0.3, -0.25) is 9.78 Å². The molecule has 8 heteroatoms. The molecule has 1 heterocycles. The van der Waals surface area contributed by atoms with E-state index >= 15 is 0 Å². The summed E-state index contributed by atoms with van der Waals surface area (Å²) in [5, 5.41) is 2.73. The van der Waals surface area contributed by atoms with Gasteiger partial charge in [-0.2, -0.15) is 0 Å². The van der Waals surface area contributed by atoms with Crippen LogP contribution in [0, 0.1) is 0 Å². The molecule has 140 valence electrons. The maximum absolute atomic E-state index is 12.6. The van der Waals surface area contributed by atoms with Crippen molar-refractivity contribution >= 4 is 15.9 Å². The van der Waals surface area contributed by atoms with Crippen molar-refractivity contribution < 1.29 is 17.9 Å². The first-order chi connectivity index (χ1) is 12.3. The Labute approximate surface area is 153 Å². The van der Waals surface area contributed by atoms with E-state index in [4.69, 9.17) is 4.74 Å². The highest BCUT2D eigenvalue weighted by molar-refractivity contribution is 7.89. The zero-order valence-corrected chi connectivity index (χ0v) is 15.8. The van der Waals surface area contributed by atoms with Crippen molar-refractivity contribution in [2.24, 2.45) is 0 Å². The fraction of sp³-hybridized carbons (Fsp3) is 0.333. The molecule has 7 nitrogen and oxygen atoms in total. The molecule has 2 aromatic rings. The number of nitrogens with one attached hydrogen (secondary N) is 2. The van der Waals surface area contributed by atoms with Gasteiger partial charge in [0.1, 0.15) is 10.6 Å². The molecule has 2 N–H and O–H groups in total. The largest absolute Gasteiger partial charge is 0.492 e. The van der Waals surface area contributed by atoms with Crippen LogP contribution in [0.1, 0.15) is 36.8 Å². The third-order valence-corrected chi connectivity index (χ3v) is 5.02. The molecule has 0 saturated heterocycles. The number of nitrogens with zero attached hydrogens (tertiary/aromatic N) is 1. The Bertz CT molecular complexity index is 852. The van der Waals surface area contributed by atoms with Gasteiger partial charge in [0.2, 0.25) is 10.0 Å². The number of aromatic nitrogens is 1. The quantitative estimate of drug-likeness (QED) is 0.734. The smallest absolute Gasteiger partial charge is 0.251 e. The van der Waals surface area contributed by atoms with Crippen LogP contribution < -0.4 is 14.8 Å². The average molecular weight is 377 g/mol. The number of ether oxygens (including phenoxy) is 1. The van der Waals surface area contributed by atoms with E-state index in [1.54, 1.807) is 39.1 Å². The maximum atomic E-state index is 12.6. The molecule has 0 atom stereocenters. The number of amides is 1. The Balaban J connectivity index is 2.26. The van der Waals surface area contributed by atoms with E-state index in [9.17, 15) is 13.2 Å². The van der Waals surface area contributed by atoms with Crippen molar-refractivity contribution in [3.8, 4) is 5.75 Å². The van der Waals surface area contributed by atoms with Crippen LogP contribution in [-0.4, -0.2) is 32.0 Å². The minimum Gasteiger partial charge on any atom is -0.492 e. The van der Waals surface area contributed by atoms with Gasteiger partial charge >= 0.3 is 0 Å². The number of sulfonamides is 1. The van der Waals surface area contributed by atoms with Crippen molar-refractivity contribution in [2.45, 2.75) is 38.3 Å². The summed E-state index contributed by atoms with van der Waals surface area (Å²) in [5.74, 6) is -0.179. The number of rotatable bonds is 8. The third kappa shape index (κ3) is 5.27. The first-order valence-corrected chi connectivity index (χ1v) is 9.79. The molecule has 0 aliphatic rings. The Kier molecular flexibility index (Phi) is 6.70. The summed E-state index contributed by atoms with van der Waals surface area (Å²) in [6, 6.07) is 9.48. The van der Waals surface area contributed by atoms with E-state index < -0.39 is 10.0 Å². The normalized spacial score (nSPS) is 11.4. The molecule has 1 aromatic heterocycles. The maximum Gasteiger partial charge on any atom is 0.251 e. The summed E-state index contributed by atoms with van der Waals surface area (Å²) in [6.45, 7) is 5.77. The van der Waals surface area contributed by atoms with E-state index in [1.807, 2.05) is 6.07 Å². The Morgan fingerprint density at radius 1 is 1.23 bits per heavy atom. The molecule has 0 fully saturated rings. The van der Waals surface area contributed by atoms with Crippen molar-refractivity contribution in [3.05, 3.63) is 53.9 Å². The van der Waals surface area contributed by atoms with Crippen LogP contribution in [0.4, 0.5) is 0 Å². The molecule has 0 saturated carbocycles. The lowest BCUT2D eigenvalue weighted by Gasteiger charge is -2.15. The lowest BCUT2D eigenvalue weighted by Crippen LogP contribution is -2.31. The fourth-order valence-corrected chi connectivity index (χ4v) is 3.70. The van der Waals surface area contributed by atoms with Crippen LogP contribution in [0.15, 0.2) is 47.5 Å². The van der Waals surface area contributed by atoms with Gasteiger partial charge in [-0.15, -0.1) is 0 Å². The number of carbonyl (C=O) groups excluding carboxylic acids is 1. The molecule has 0 aliphatic heterocycles. The summed E-state index contributed by atoms with van der Waals surface area (Å²) >= 11 is 0. The van der Waals surface area contributed by atoms with Gasteiger partial charge < -0.3 is 10.1 Å². The van der Waals surface area contributed by atoms with Gasteiger partial charge in [-0.1, -0.05) is 6.07 Å². The Morgan fingerprint density at radius 3 is 2.62 bits per heavy atom. The zero-order valence-electron chi connectivity index (χ0n) is 15.0. The van der Waals surface area contributed by atoms with Crippen LogP contribution in [0.5, 0.6) is 5.75 Å². The summed E-state index contributed by atoms with van der Waals surface area (Å²) in [6.07, 6.45) is 1.64. The molecule has 0 aliphatic carbocycles. The highest BCUT2D eigenvalue weighted by Crippen LogP contribution is 2.25. The summed E-state index contributed by atoms with van der Waals surface area (Å²) in [4.78, 5) is 16.5. The molecule has 1 amide bonds. The van der Waals surface area contributed by atoms with Crippen LogP contribution >= 0.6 is 0 Å². The van der Waals surface area contributed by atoms with Crippen LogP contribution in [0.2, 0.25) is 0 Å². The Morgan fingerprint density at radius 2 is 2.00 bits per heavy atom. The van der Waals surface area contributed by atoms with Gasteiger partial charge in [0.15, 0.2) is 0 Å². The molecule has 0 radical (unpaired) electrons. The minimum atomic E-state index is -3.80. The molecule has 26 heavy (non-hydrogen) atoms. The molecular formula is C18H23N3O4S. The molecule has 1 aromatic carbocycles. The predicted molar refractivity (Wildman–Crippen MR) is 98.5 cm³/mol. The van der Waals surface area contributed by atoms with Crippen LogP contribution in [-0.2, 0) is 16.6 Å². The van der Waals surface area contributed by atoms with Crippen molar-refractivity contribution in [3.63, 3.8) is 0 Å². The topological polar surface area (TPSA) is 97.4 Å². The van der Waals surface area contributed by atoms with Gasteiger partial charge in [-0.25, -0.2) is 13.1 Å². The number of carbonyl (C=O) groups is 1. The number of benzene rings is 1. The lowest BCUT2D eigenvalue weighted by molar-refractivity contribution is 0.0950. The van der Waals surface area contributed by atoms with E-state index in [0.717, 1.165) is 0 Å². The van der Waals surface area contributed by atoms with Crippen molar-refractivity contribution in [2.75, 3.05) is 6.61 Å². The van der Waals surface area contributed by atoms with Crippen molar-refractivity contribution in [1.29, 1.82) is 0 Å². The van der Waals surface area contributed by atoms with Crippen molar-refractivity contribution in [1.82, 2.24) is 15.0 Å². The Hall–Kier alpha value is -2.45. The van der Waals surface area contributed by atoms with E-state index in [1.165, 1.54) is 18.2 Å². The van der Waals surface area contributed by atoms with Gasteiger partial charge in [0.25, 0.3) is 5.91 Å². The standard InChI is InChI=1S/C18H23N3O4S/c1-4-25-16-9-8-14(11-17(16)26(23,24)21-13(2)3)18(22)20-12-15-7-5-6-10-19-15/h5-11,13,21H,4,12H2,1-3H3,(H,20,22). The molecular weight excluding hydrogens is 354 g/mol. The van der Waals surface area contributed by atoms with E-state index in [-0.39, 0.29) is 34.7 Å². The van der Waals surface area contributed by atoms with Gasteiger partial charge in [0.05, 0.1) is 18.8 Å².